The summed E-state index contributed by atoms with van der Waals surface area (Å²) in [4.78, 5) is 18.6. The monoisotopic (exact) mass is 412 g/mol. The summed E-state index contributed by atoms with van der Waals surface area (Å²) >= 11 is 0. The van der Waals surface area contributed by atoms with Crippen LogP contribution in [0.1, 0.15) is 98.3 Å². The van der Waals surface area contributed by atoms with E-state index in [0.29, 0.717) is 0 Å². The predicted octanol–water partition coefficient (Wildman–Crippen LogP) is -5.95. The third-order valence-electron chi connectivity index (χ3n) is 4.06. The molecule has 7 heteroatoms. The molecule has 1 unspecified atom stereocenters. The Morgan fingerprint density at radius 2 is 1.31 bits per heavy atom. The number of carboxylic acids is 2. The maximum absolute atomic E-state index is 9.28. The second-order valence-corrected chi connectivity index (χ2v) is 6.18. The molecule has 0 saturated heterocycles. The Balaban J connectivity index is -0.000000127. The molecule has 1 atom stereocenters. The number of hydrogen-bond donors (Lipinski definition) is 0. The van der Waals surface area contributed by atoms with Crippen LogP contribution in [0.4, 0.5) is 0 Å². The zero-order valence-electron chi connectivity index (χ0n) is 18.5. The van der Waals surface area contributed by atoms with Crippen molar-refractivity contribution in [3.05, 3.63) is 5.92 Å². The molecule has 0 aromatic rings. The molecule has 0 aromatic heterocycles. The van der Waals surface area contributed by atoms with Gasteiger partial charge in [0.05, 0.1) is 0 Å². The van der Waals surface area contributed by atoms with Crippen LogP contribution in [0.5, 0.6) is 0 Å². The van der Waals surface area contributed by atoms with Gasteiger partial charge in [-0.2, -0.15) is 19.3 Å². The van der Waals surface area contributed by atoms with Crippen LogP contribution in [0, 0.1) is 11.8 Å². The van der Waals surface area contributed by atoms with Gasteiger partial charge >= 0.3 is 122 Å². The fourth-order valence-electron chi connectivity index (χ4n) is 2.59. The van der Waals surface area contributed by atoms with Gasteiger partial charge in [-0.15, -0.1) is 0 Å². The van der Waals surface area contributed by atoms with E-state index in [1.807, 2.05) is 0 Å². The molecule has 0 aliphatic carbocycles. The molecule has 0 radical (unpaired) electrons. The van der Waals surface area contributed by atoms with Crippen LogP contribution in [0.2, 0.25) is 0 Å². The third kappa shape index (κ3) is 31.5. The fraction of sp³-hybridized carbons (Fsp3) is 0.842. The van der Waals surface area contributed by atoms with E-state index in [-0.39, 0.29) is 122 Å². The second kappa shape index (κ2) is 30.0. The van der Waals surface area contributed by atoms with Gasteiger partial charge in [0.2, 0.25) is 0 Å². The molecule has 0 bridgehead atoms. The van der Waals surface area contributed by atoms with Gasteiger partial charge in [0.15, 0.2) is 0 Å². The normalized spacial score (nSPS) is 10.3. The Bertz CT molecular complexity index is 293. The Morgan fingerprint density at radius 1 is 0.846 bits per heavy atom. The maximum Gasteiger partial charge on any atom is 1.00 e. The summed E-state index contributed by atoms with van der Waals surface area (Å²) in [5.74, 6) is -0.567. The molecule has 0 spiro atoms. The van der Waals surface area contributed by atoms with Gasteiger partial charge in [-0.25, -0.2) is 0 Å². The topological polar surface area (TPSA) is 80.3 Å². The summed E-state index contributed by atoms with van der Waals surface area (Å²) < 4.78 is 0. The summed E-state index contributed by atoms with van der Waals surface area (Å²) in [7, 11) is 0. The van der Waals surface area contributed by atoms with Crippen molar-refractivity contribution in [1.29, 1.82) is 0 Å². The minimum Gasteiger partial charge on any atom is -0.550 e. The molecule has 0 saturated carbocycles. The number of unbranched alkanes of at least 4 members (excludes halogenated alkanes) is 5. The molecule has 0 aliphatic heterocycles. The first kappa shape index (κ1) is 39.3. The van der Waals surface area contributed by atoms with E-state index >= 15 is 0 Å². The van der Waals surface area contributed by atoms with Crippen LogP contribution >= 0.6 is 0 Å². The second-order valence-electron chi connectivity index (χ2n) is 6.18. The molecule has 4 nitrogen and oxygen atoms in total. The summed E-state index contributed by atoms with van der Waals surface area (Å²) in [6, 6.07) is 0. The molecular formula is C19H35K2LiO4. The zero-order chi connectivity index (χ0) is 18.1. The van der Waals surface area contributed by atoms with Gasteiger partial charge in [-0.1, -0.05) is 78.6 Å². The summed E-state index contributed by atoms with van der Waals surface area (Å²) in [5, 5.41) is 18.6. The molecule has 0 rings (SSSR count). The van der Waals surface area contributed by atoms with E-state index in [9.17, 15) is 19.8 Å². The van der Waals surface area contributed by atoms with E-state index in [1.54, 1.807) is 5.92 Å². The quantitative estimate of drug-likeness (QED) is 0.131. The van der Waals surface area contributed by atoms with Gasteiger partial charge in [0, 0.05) is 18.4 Å². The van der Waals surface area contributed by atoms with Crippen molar-refractivity contribution >= 4 is 11.9 Å². The summed E-state index contributed by atoms with van der Waals surface area (Å²) in [5.41, 5.74) is 0. The first-order valence-electron chi connectivity index (χ1n) is 9.10. The van der Waals surface area contributed by atoms with Crippen LogP contribution in [0.3, 0.4) is 0 Å². The number of carboxylic acid groups (broad SMARTS) is 2. The first-order valence-corrected chi connectivity index (χ1v) is 9.10. The average Bonchev–Trinajstić information content (AvgIpc) is 2.47. The first-order chi connectivity index (χ1) is 10.9. The van der Waals surface area contributed by atoms with Crippen LogP contribution in [-0.4, -0.2) is 11.9 Å². The van der Waals surface area contributed by atoms with Crippen molar-refractivity contribution in [2.24, 2.45) is 5.92 Å². The van der Waals surface area contributed by atoms with Crippen molar-refractivity contribution in [3.63, 3.8) is 0 Å². The average molecular weight is 413 g/mol. The molecule has 0 aromatic carbocycles. The number of carbonyl (C=O) groups excluding carboxylic acids is 2. The van der Waals surface area contributed by atoms with E-state index in [1.165, 1.54) is 64.2 Å². The third-order valence-corrected chi connectivity index (χ3v) is 4.06. The zero-order valence-corrected chi connectivity index (χ0v) is 24.7. The van der Waals surface area contributed by atoms with Crippen LogP contribution in [0.25, 0.3) is 0 Å². The van der Waals surface area contributed by atoms with Gasteiger partial charge in [-0.05, 0) is 0 Å². The molecule has 138 valence electrons. The fourth-order valence-corrected chi connectivity index (χ4v) is 2.59. The minimum absolute atomic E-state index is 0. The molecule has 0 N–H and O–H groups in total. The number of carbonyl (C=O) groups is 2. The molecule has 0 aliphatic rings. The van der Waals surface area contributed by atoms with Gasteiger partial charge < -0.3 is 25.7 Å². The molecule has 0 amide bonds. The number of rotatable bonds is 13. The molecule has 0 fully saturated rings. The molecular weight excluding hydrogens is 377 g/mol. The summed E-state index contributed by atoms with van der Waals surface area (Å²) in [6.07, 6.45) is 13.0. The molecule has 0 heterocycles. The maximum atomic E-state index is 9.28. The van der Waals surface area contributed by atoms with E-state index in [4.69, 9.17) is 0 Å². The Morgan fingerprint density at radius 3 is 1.65 bits per heavy atom. The van der Waals surface area contributed by atoms with Gasteiger partial charge in [-0.3, -0.25) is 0 Å². The Kier molecular flexibility index (Phi) is 45.4. The summed E-state index contributed by atoms with van der Waals surface area (Å²) in [6.45, 7) is 9.33. The Labute approximate surface area is 258 Å². The standard InChI is InChI=1S/C16H33.C3H4O4.2K.Li/c1-5-8-10-12-13-15(4)16(7-3)14-11-9-6-2;4-2(5)1-3(6)7;;;/h16H,5-14H2,1-4H3;1H2,(H,4,5)(H,6,7);;;/q-1;;3*+1/p-2. The van der Waals surface area contributed by atoms with Crippen molar-refractivity contribution in [2.45, 2.75) is 98.3 Å². The predicted molar refractivity (Wildman–Crippen MR) is 90.2 cm³/mol. The Hall–Kier alpha value is 2.81. The van der Waals surface area contributed by atoms with Crippen molar-refractivity contribution < 1.29 is 141 Å². The SMILES string of the molecule is CCCCCC[C-](C)C(CC)CCCCC.O=C([O-])CC(=O)[O-].[K+].[K+].[Li+]. The van der Waals surface area contributed by atoms with Crippen molar-refractivity contribution in [2.75, 3.05) is 0 Å². The van der Waals surface area contributed by atoms with Gasteiger partial charge in [0.1, 0.15) is 0 Å². The number of aliphatic carboxylic acids is 2. The minimum atomic E-state index is -1.63. The smallest absolute Gasteiger partial charge is 0.550 e. The van der Waals surface area contributed by atoms with Crippen LogP contribution < -0.4 is 132 Å². The van der Waals surface area contributed by atoms with Gasteiger partial charge in [0.25, 0.3) is 0 Å². The number of hydrogen-bond acceptors (Lipinski definition) is 4. The van der Waals surface area contributed by atoms with Crippen LogP contribution in [-0.2, 0) is 9.59 Å². The van der Waals surface area contributed by atoms with E-state index in [2.05, 4.69) is 27.7 Å². The largest absolute Gasteiger partial charge is 1.00 e. The van der Waals surface area contributed by atoms with Crippen LogP contribution in [0.15, 0.2) is 0 Å². The van der Waals surface area contributed by atoms with E-state index in [0.717, 1.165) is 5.92 Å². The van der Waals surface area contributed by atoms with Crippen molar-refractivity contribution in [1.82, 2.24) is 0 Å². The molecule has 26 heavy (non-hydrogen) atoms. The van der Waals surface area contributed by atoms with E-state index < -0.39 is 18.4 Å². The van der Waals surface area contributed by atoms with Crippen molar-refractivity contribution in [3.8, 4) is 0 Å².